The second-order valence-corrected chi connectivity index (χ2v) is 34.9. The van der Waals surface area contributed by atoms with Gasteiger partial charge in [0.2, 0.25) is 0 Å². The predicted octanol–water partition coefficient (Wildman–Crippen LogP) is 30.5. The van der Waals surface area contributed by atoms with Crippen LogP contribution in [0.5, 0.6) is 0 Å². The molecule has 0 unspecified atom stereocenters. The quantitative estimate of drug-likeness (QED) is 0.113. The summed E-state index contributed by atoms with van der Waals surface area (Å²) in [5, 5.41) is 9.55. The van der Waals surface area contributed by atoms with E-state index >= 15 is 0 Å². The predicted molar refractivity (Wildman–Crippen MR) is 533 cm³/mol. The van der Waals surface area contributed by atoms with Gasteiger partial charge in [0.1, 0.15) is 34.0 Å². The highest BCUT2D eigenvalue weighted by molar-refractivity contribution is 9.10. The molecule has 0 amide bonds. The highest BCUT2D eigenvalue weighted by Crippen LogP contribution is 2.43. The monoisotopic (exact) mass is 1710 g/mol. The van der Waals surface area contributed by atoms with Crippen LogP contribution in [0.1, 0.15) is 27.7 Å². The number of imidazole rings is 2. The van der Waals surface area contributed by atoms with Crippen LogP contribution in [0.15, 0.2) is 438 Å². The van der Waals surface area contributed by atoms with Crippen molar-refractivity contribution < 1.29 is 18.1 Å². The first-order valence-corrected chi connectivity index (χ1v) is 44.2. The van der Waals surface area contributed by atoms with Crippen molar-refractivity contribution >= 4 is 138 Å². The summed E-state index contributed by atoms with van der Waals surface area (Å²) < 4.78 is 35.0. The Labute approximate surface area is 748 Å². The molecule has 0 radical (unpaired) electrons. The molecule has 0 bridgehead atoms. The largest absolute Gasteiger partial charge is 0.494 e. The molecule has 128 heavy (non-hydrogen) atoms. The van der Waals surface area contributed by atoms with Crippen LogP contribution in [0.4, 0.5) is 0 Å². The molecule has 1 fully saturated rings. The molecule has 0 atom stereocenters. The van der Waals surface area contributed by atoms with Gasteiger partial charge in [-0.15, -0.1) is 0 Å². The van der Waals surface area contributed by atoms with E-state index in [0.29, 0.717) is 0 Å². The lowest BCUT2D eigenvalue weighted by molar-refractivity contribution is 0.00578. The van der Waals surface area contributed by atoms with E-state index in [1.165, 1.54) is 71.4 Å². The Morgan fingerprint density at radius 2 is 0.484 bits per heavy atom. The molecule has 18 aromatic carbocycles. The third-order valence-corrected chi connectivity index (χ3v) is 26.2. The summed E-state index contributed by atoms with van der Waals surface area (Å²) in [5.74, 6) is 1.86. The van der Waals surface area contributed by atoms with Gasteiger partial charge in [-0.2, -0.15) is 0 Å². The standard InChI is InChI=1S/C55H35N3O.C31H19BrN2O.C30H28BNO2/c1-2-10-43(11-3-1)58-52-17-9-6-14-49(52)56-55(58)40-24-22-39(23-25-40)42-29-33-54-48(35-42)47-34-41(28-32-53(47)59-54)38-20-18-36(19-21-38)37-26-30-44(31-27-37)57-50-15-7-4-12-45(50)46-13-5-8-16-51(46)57;32-23-15-17-30-26(19-23)25-18-22(14-16-29(25)35-30)20-10-12-21(13-11-20)31-33-27-8-4-5-9-28(27)34(31)24-6-2-1-3-7-24;1-29(2)30(3,4)34-31(33-29)23-17-13-21(14-18-23)22-15-19-24(20-16-22)32-27-11-7-5-9-25(27)26-10-6-8-12-28(26)32/h1-35H;1-19H;5-20H,1-4H3. The molecule has 610 valence electrons. The molecule has 6 aromatic heterocycles. The van der Waals surface area contributed by atoms with Gasteiger partial charge in [-0.1, -0.05) is 289 Å². The zero-order chi connectivity index (χ0) is 85.7. The zero-order valence-corrected chi connectivity index (χ0v) is 72.3. The van der Waals surface area contributed by atoms with Crippen LogP contribution in [0.3, 0.4) is 0 Å². The van der Waals surface area contributed by atoms with Crippen LogP contribution in [0.25, 0.3) is 211 Å². The number of fused-ring (bicyclic) bond motifs is 14. The molecule has 24 aromatic rings. The molecule has 0 spiro atoms. The van der Waals surface area contributed by atoms with E-state index in [-0.39, 0.29) is 18.3 Å². The summed E-state index contributed by atoms with van der Waals surface area (Å²) >= 11 is 3.58. The summed E-state index contributed by atoms with van der Waals surface area (Å²) in [6.45, 7) is 8.33. The topological polar surface area (TPSA) is 90.2 Å². The van der Waals surface area contributed by atoms with Crippen molar-refractivity contribution in [3.8, 4) is 101 Å². The van der Waals surface area contributed by atoms with Crippen LogP contribution in [-0.2, 0) is 9.31 Å². The van der Waals surface area contributed by atoms with Crippen molar-refractivity contribution in [3.05, 3.63) is 429 Å². The van der Waals surface area contributed by atoms with Gasteiger partial charge in [-0.05, 0) is 240 Å². The molecule has 1 aliphatic rings. The first kappa shape index (κ1) is 77.4. The number of halogens is 1. The van der Waals surface area contributed by atoms with Crippen molar-refractivity contribution in [2.75, 3.05) is 0 Å². The molecule has 7 heterocycles. The SMILES string of the molecule is Brc1ccc2oc3ccc(-c4ccc(-c5nc6ccccc6n5-c5ccccc5)cc4)cc3c2c1.CC1(C)OB(c2ccc(-c3ccc(-n4c5ccccc5c5ccccc54)cc3)cc2)OC1(C)C.c1ccc(-n2c(-c3ccc(-c4ccc5oc6ccc(-c7ccc(-c8ccc(-n9c%10ccccc%10c%10ccccc%109)cc8)cc7)cc6c5c4)cc3)nc3ccccc32)cc1. The fraction of sp³-hybridized carbons (Fsp3) is 0.0517. The average molecular weight is 1710 g/mol. The summed E-state index contributed by atoms with van der Waals surface area (Å²) in [6.07, 6.45) is 0. The minimum atomic E-state index is -0.336. The number of hydrogen-bond acceptors (Lipinski definition) is 6. The molecule has 25 rings (SSSR count). The number of nitrogens with zero attached hydrogens (tertiary/aromatic N) is 6. The second-order valence-electron chi connectivity index (χ2n) is 33.9. The Kier molecular flexibility index (Phi) is 19.1. The Morgan fingerprint density at radius 1 is 0.227 bits per heavy atom. The van der Waals surface area contributed by atoms with Crippen LogP contribution in [-0.4, -0.2) is 46.6 Å². The van der Waals surface area contributed by atoms with Crippen LogP contribution in [0.2, 0.25) is 0 Å². The normalized spacial score (nSPS) is 13.1. The van der Waals surface area contributed by atoms with E-state index in [4.69, 9.17) is 28.1 Å². The Hall–Kier alpha value is -15.4. The number of furan rings is 2. The lowest BCUT2D eigenvalue weighted by atomic mass is 9.78. The van der Waals surface area contributed by atoms with E-state index in [1.54, 1.807) is 0 Å². The van der Waals surface area contributed by atoms with Crippen LogP contribution < -0.4 is 5.46 Å². The lowest BCUT2D eigenvalue weighted by Gasteiger charge is -2.32. The highest BCUT2D eigenvalue weighted by Gasteiger charge is 2.51. The Balaban J connectivity index is 0.000000117. The molecule has 10 nitrogen and oxygen atoms in total. The van der Waals surface area contributed by atoms with Gasteiger partial charge in [0, 0.05) is 81.4 Å². The lowest BCUT2D eigenvalue weighted by Crippen LogP contribution is -2.41. The van der Waals surface area contributed by atoms with Crippen molar-refractivity contribution in [2.24, 2.45) is 0 Å². The van der Waals surface area contributed by atoms with Gasteiger partial charge in [-0.3, -0.25) is 9.13 Å². The maximum atomic E-state index is 6.34. The summed E-state index contributed by atoms with van der Waals surface area (Å²) in [4.78, 5) is 10.0. The number of benzene rings is 18. The Morgan fingerprint density at radius 3 is 0.836 bits per heavy atom. The third-order valence-electron chi connectivity index (χ3n) is 25.7. The minimum Gasteiger partial charge on any atom is -0.456 e. The molecule has 1 saturated heterocycles. The van der Waals surface area contributed by atoms with E-state index in [9.17, 15) is 0 Å². The maximum Gasteiger partial charge on any atom is 0.494 e. The zero-order valence-electron chi connectivity index (χ0n) is 70.7. The van der Waals surface area contributed by atoms with E-state index in [0.717, 1.165) is 149 Å². The van der Waals surface area contributed by atoms with Gasteiger partial charge in [0.25, 0.3) is 0 Å². The summed E-state index contributed by atoms with van der Waals surface area (Å²) in [7, 11) is -0.336. The van der Waals surface area contributed by atoms with Crippen molar-refractivity contribution in [3.63, 3.8) is 0 Å². The van der Waals surface area contributed by atoms with Crippen molar-refractivity contribution in [2.45, 2.75) is 38.9 Å². The first-order valence-electron chi connectivity index (χ1n) is 43.4. The van der Waals surface area contributed by atoms with E-state index in [2.05, 4.69) is 450 Å². The van der Waals surface area contributed by atoms with Gasteiger partial charge in [0.05, 0.1) is 55.3 Å². The molecule has 1 aliphatic heterocycles. The Bertz CT molecular complexity index is 8230. The van der Waals surface area contributed by atoms with E-state index in [1.807, 2.05) is 36.4 Å². The number of para-hydroxylation sites is 10. The van der Waals surface area contributed by atoms with Gasteiger partial charge < -0.3 is 27.3 Å². The molecule has 12 heteroatoms. The third kappa shape index (κ3) is 13.9. The highest BCUT2D eigenvalue weighted by atomic mass is 79.9. The maximum absolute atomic E-state index is 6.34. The van der Waals surface area contributed by atoms with Crippen LogP contribution >= 0.6 is 15.9 Å². The van der Waals surface area contributed by atoms with E-state index < -0.39 is 0 Å². The molecule has 0 N–H and O–H groups in total. The average Bonchev–Trinajstić information content (AvgIpc) is 1.58. The number of aromatic nitrogens is 6. The molecular formula is C116H82BBrN6O4. The minimum absolute atomic E-state index is 0.334. The number of hydrogen-bond donors (Lipinski definition) is 0. The van der Waals surface area contributed by atoms with Crippen molar-refractivity contribution in [1.82, 2.24) is 28.2 Å². The summed E-state index contributed by atoms with van der Waals surface area (Å²) in [6, 6.07) is 150. The van der Waals surface area contributed by atoms with Crippen molar-refractivity contribution in [1.29, 1.82) is 0 Å². The van der Waals surface area contributed by atoms with Crippen LogP contribution in [0, 0.1) is 0 Å². The van der Waals surface area contributed by atoms with Gasteiger partial charge in [-0.25, -0.2) is 9.97 Å². The number of rotatable bonds is 12. The molecular weight excluding hydrogens is 1630 g/mol. The summed E-state index contributed by atoms with van der Waals surface area (Å²) in [5.41, 5.74) is 31.3. The second kappa shape index (κ2) is 31.7. The smallest absolute Gasteiger partial charge is 0.456 e. The van der Waals surface area contributed by atoms with Gasteiger partial charge in [0.15, 0.2) is 0 Å². The van der Waals surface area contributed by atoms with Gasteiger partial charge >= 0.3 is 7.12 Å². The fourth-order valence-corrected chi connectivity index (χ4v) is 18.8. The molecule has 0 aliphatic carbocycles. The first-order chi connectivity index (χ1) is 62.8. The molecule has 0 saturated carbocycles. The fourth-order valence-electron chi connectivity index (χ4n) is 18.5.